The predicted molar refractivity (Wildman–Crippen MR) is 99.3 cm³/mol. The fourth-order valence-corrected chi connectivity index (χ4v) is 2.15. The molecule has 0 unspecified atom stereocenters. The highest BCUT2D eigenvalue weighted by Crippen LogP contribution is 2.26. The molecule has 0 aliphatic carbocycles. The summed E-state index contributed by atoms with van der Waals surface area (Å²) in [5, 5.41) is 7.81. The van der Waals surface area contributed by atoms with Crippen molar-refractivity contribution in [3.63, 3.8) is 0 Å². The van der Waals surface area contributed by atoms with Gasteiger partial charge >= 0.3 is 0 Å². The van der Waals surface area contributed by atoms with Crippen molar-refractivity contribution >= 4 is 11.3 Å². The summed E-state index contributed by atoms with van der Waals surface area (Å²) >= 11 is 0. The van der Waals surface area contributed by atoms with E-state index in [0.29, 0.717) is 5.71 Å². The fraction of sp³-hybridized carbons (Fsp3) is 0.190. The van der Waals surface area contributed by atoms with Gasteiger partial charge in [0.1, 0.15) is 0 Å². The molecule has 1 aromatic rings. The second kappa shape index (κ2) is 8.78. The van der Waals surface area contributed by atoms with Crippen molar-refractivity contribution < 1.29 is 0 Å². The van der Waals surface area contributed by atoms with Crippen LogP contribution in [0.2, 0.25) is 0 Å². The zero-order valence-electron chi connectivity index (χ0n) is 13.8. The molecular formula is C21H25N. The Labute approximate surface area is 134 Å². The summed E-state index contributed by atoms with van der Waals surface area (Å²) in [4.78, 5) is 0. The number of allylic oxidation sites excluding steroid dienone is 8. The molecule has 22 heavy (non-hydrogen) atoms. The smallest absolute Gasteiger partial charge is 0.0312 e. The molecule has 114 valence electrons. The third kappa shape index (κ3) is 5.17. The van der Waals surface area contributed by atoms with E-state index in [2.05, 4.69) is 38.3 Å². The van der Waals surface area contributed by atoms with Crippen LogP contribution in [-0.2, 0) is 0 Å². The predicted octanol–water partition coefficient (Wildman–Crippen LogP) is 6.13. The Morgan fingerprint density at radius 1 is 1.09 bits per heavy atom. The van der Waals surface area contributed by atoms with E-state index >= 15 is 0 Å². The van der Waals surface area contributed by atoms with Crippen molar-refractivity contribution in [3.8, 4) is 0 Å². The quantitative estimate of drug-likeness (QED) is 0.461. The van der Waals surface area contributed by atoms with Gasteiger partial charge in [-0.15, -0.1) is 0 Å². The summed E-state index contributed by atoms with van der Waals surface area (Å²) in [5.74, 6) is 0. The van der Waals surface area contributed by atoms with Crippen LogP contribution in [0.5, 0.6) is 0 Å². The molecule has 1 N–H and O–H groups in total. The van der Waals surface area contributed by atoms with E-state index in [1.807, 2.05) is 44.2 Å². The Kier molecular flexibility index (Phi) is 7.04. The molecule has 0 atom stereocenters. The average molecular weight is 291 g/mol. The number of hydrogen-bond acceptors (Lipinski definition) is 1. The Morgan fingerprint density at radius 2 is 1.73 bits per heavy atom. The summed E-state index contributed by atoms with van der Waals surface area (Å²) in [6, 6.07) is 10.3. The van der Waals surface area contributed by atoms with Gasteiger partial charge in [0.25, 0.3) is 0 Å². The zero-order valence-corrected chi connectivity index (χ0v) is 13.8. The number of nitrogens with one attached hydrogen (secondary N) is 1. The third-order valence-electron chi connectivity index (χ3n) is 3.56. The number of benzene rings is 1. The lowest BCUT2D eigenvalue weighted by Crippen LogP contribution is -1.94. The Morgan fingerprint density at radius 3 is 2.23 bits per heavy atom. The van der Waals surface area contributed by atoms with Crippen molar-refractivity contribution in [2.45, 2.75) is 27.2 Å². The summed E-state index contributed by atoms with van der Waals surface area (Å²) in [6.45, 7) is 13.5. The largest absolute Gasteiger partial charge is 0.305 e. The molecule has 0 amide bonds. The molecule has 0 saturated heterocycles. The van der Waals surface area contributed by atoms with E-state index in [9.17, 15) is 0 Å². The third-order valence-corrected chi connectivity index (χ3v) is 3.56. The van der Waals surface area contributed by atoms with Crippen LogP contribution in [0.1, 0.15) is 32.8 Å². The maximum absolute atomic E-state index is 7.81. The van der Waals surface area contributed by atoms with E-state index in [1.165, 1.54) is 16.7 Å². The highest BCUT2D eigenvalue weighted by molar-refractivity contribution is 5.98. The molecule has 0 aliphatic rings. The van der Waals surface area contributed by atoms with Crippen LogP contribution in [0.3, 0.4) is 0 Å². The summed E-state index contributed by atoms with van der Waals surface area (Å²) < 4.78 is 0. The maximum Gasteiger partial charge on any atom is 0.0312 e. The van der Waals surface area contributed by atoms with Crippen LogP contribution >= 0.6 is 0 Å². The zero-order chi connectivity index (χ0) is 16.5. The standard InChI is InChI=1S/C21H25N/c1-6-11-19(7-2)14-17(4)21(15-16(3)18(5)22)20-12-9-8-10-13-20/h6-13,15,22H,1-2,14H2,3-5H3/b16-15+,19-11+,21-17+,22-18?. The van der Waals surface area contributed by atoms with Gasteiger partial charge in [-0.2, -0.15) is 0 Å². The second-order valence-electron chi connectivity index (χ2n) is 5.37. The SMILES string of the molecule is C=C/C=C(\C=C)C/C(C)=C(\C=C(/C)C(C)=N)c1ccccc1. The molecule has 0 bridgehead atoms. The molecule has 0 fully saturated rings. The molecule has 1 heteroatoms. The topological polar surface area (TPSA) is 23.9 Å². The normalized spacial score (nSPS) is 13.4. The lowest BCUT2D eigenvalue weighted by atomic mass is 9.93. The Hall–Kier alpha value is -2.41. The van der Waals surface area contributed by atoms with Crippen LogP contribution in [0.25, 0.3) is 5.57 Å². The molecule has 1 nitrogen and oxygen atoms in total. The lowest BCUT2D eigenvalue weighted by molar-refractivity contribution is 1.16. The van der Waals surface area contributed by atoms with Gasteiger partial charge in [-0.1, -0.05) is 67.3 Å². The van der Waals surface area contributed by atoms with E-state index < -0.39 is 0 Å². The molecule has 1 aromatic carbocycles. The fourth-order valence-electron chi connectivity index (χ4n) is 2.15. The molecule has 0 aliphatic heterocycles. The molecule has 0 radical (unpaired) electrons. The van der Waals surface area contributed by atoms with E-state index in [0.717, 1.165) is 17.6 Å². The first-order valence-electron chi connectivity index (χ1n) is 7.42. The highest BCUT2D eigenvalue weighted by Gasteiger charge is 2.06. The van der Waals surface area contributed by atoms with Crippen LogP contribution in [0, 0.1) is 5.41 Å². The van der Waals surface area contributed by atoms with Gasteiger partial charge < -0.3 is 5.41 Å². The van der Waals surface area contributed by atoms with Crippen LogP contribution in [0.15, 0.2) is 84.5 Å². The van der Waals surface area contributed by atoms with Crippen molar-refractivity contribution in [1.29, 1.82) is 5.41 Å². The minimum atomic E-state index is 0.590. The number of hydrogen-bond donors (Lipinski definition) is 1. The van der Waals surface area contributed by atoms with Gasteiger partial charge in [-0.05, 0) is 55.6 Å². The van der Waals surface area contributed by atoms with Crippen LogP contribution in [-0.4, -0.2) is 5.71 Å². The summed E-state index contributed by atoms with van der Waals surface area (Å²) in [6.07, 6.45) is 8.56. The van der Waals surface area contributed by atoms with Crippen molar-refractivity contribution in [1.82, 2.24) is 0 Å². The van der Waals surface area contributed by atoms with Gasteiger partial charge in [0, 0.05) is 5.71 Å². The van der Waals surface area contributed by atoms with E-state index in [1.54, 1.807) is 6.08 Å². The summed E-state index contributed by atoms with van der Waals surface area (Å²) in [7, 11) is 0. The second-order valence-corrected chi connectivity index (χ2v) is 5.37. The van der Waals surface area contributed by atoms with Gasteiger partial charge in [-0.25, -0.2) is 0 Å². The molecule has 0 saturated carbocycles. The molecule has 1 rings (SSSR count). The van der Waals surface area contributed by atoms with E-state index in [4.69, 9.17) is 5.41 Å². The Balaban J connectivity index is 3.36. The monoisotopic (exact) mass is 291 g/mol. The van der Waals surface area contributed by atoms with Gasteiger partial charge in [-0.3, -0.25) is 0 Å². The molecule has 0 spiro atoms. The summed E-state index contributed by atoms with van der Waals surface area (Å²) in [5.41, 5.74) is 6.29. The van der Waals surface area contributed by atoms with Gasteiger partial charge in [0.2, 0.25) is 0 Å². The first kappa shape index (κ1) is 17.6. The van der Waals surface area contributed by atoms with Gasteiger partial charge in [0.15, 0.2) is 0 Å². The van der Waals surface area contributed by atoms with Gasteiger partial charge in [0.05, 0.1) is 0 Å². The maximum atomic E-state index is 7.81. The molecular weight excluding hydrogens is 266 g/mol. The Bertz CT molecular complexity index is 640. The number of rotatable bonds is 7. The van der Waals surface area contributed by atoms with Crippen LogP contribution in [0.4, 0.5) is 0 Å². The lowest BCUT2D eigenvalue weighted by Gasteiger charge is -2.12. The highest BCUT2D eigenvalue weighted by atomic mass is 14.4. The van der Waals surface area contributed by atoms with E-state index in [-0.39, 0.29) is 0 Å². The minimum Gasteiger partial charge on any atom is -0.305 e. The van der Waals surface area contributed by atoms with Crippen LogP contribution < -0.4 is 0 Å². The molecule has 0 heterocycles. The first-order chi connectivity index (χ1) is 10.5. The van der Waals surface area contributed by atoms with Crippen molar-refractivity contribution in [3.05, 3.63) is 90.1 Å². The minimum absolute atomic E-state index is 0.590. The average Bonchev–Trinajstić information content (AvgIpc) is 2.52. The van der Waals surface area contributed by atoms with Crippen molar-refractivity contribution in [2.75, 3.05) is 0 Å². The van der Waals surface area contributed by atoms with Crippen molar-refractivity contribution in [2.24, 2.45) is 0 Å². The molecule has 0 aromatic heterocycles. The first-order valence-corrected chi connectivity index (χ1v) is 7.42.